The molecule has 2 heterocycles. The average Bonchev–Trinajstić information content (AvgIpc) is 3.06. The van der Waals surface area contributed by atoms with Gasteiger partial charge in [-0.1, -0.05) is 23.7 Å². The van der Waals surface area contributed by atoms with Crippen LogP contribution in [-0.2, 0) is 9.53 Å². The quantitative estimate of drug-likeness (QED) is 0.349. The van der Waals surface area contributed by atoms with Crippen molar-refractivity contribution in [2.75, 3.05) is 5.32 Å². The SMILES string of the molecule is Cc1cc(C)n(-c2ccc(Cl)c(C(=O)OC(C)C(=O)Nc3ccccc3[N+](=O)[O-])n2)n1. The number of nitrogens with zero attached hydrogens (tertiary/aromatic N) is 4. The standard InChI is InChI=1S/C20H18ClN5O5/c1-11-10-12(2)25(24-11)17-9-8-14(21)18(23-17)20(28)31-13(3)19(27)22-15-6-4-5-7-16(15)26(29)30/h4-10,13H,1-3H3,(H,22,27). The van der Waals surface area contributed by atoms with Crippen LogP contribution < -0.4 is 5.32 Å². The van der Waals surface area contributed by atoms with Gasteiger partial charge in [-0.3, -0.25) is 14.9 Å². The highest BCUT2D eigenvalue weighted by Crippen LogP contribution is 2.24. The van der Waals surface area contributed by atoms with Crippen LogP contribution >= 0.6 is 11.6 Å². The highest BCUT2D eigenvalue weighted by molar-refractivity contribution is 6.33. The van der Waals surface area contributed by atoms with Crippen molar-refractivity contribution < 1.29 is 19.2 Å². The van der Waals surface area contributed by atoms with Crippen LogP contribution in [-0.4, -0.2) is 37.7 Å². The molecule has 0 fully saturated rings. The molecule has 0 saturated heterocycles. The second kappa shape index (κ2) is 8.92. The van der Waals surface area contributed by atoms with Gasteiger partial charge in [0, 0.05) is 11.8 Å². The molecule has 0 aliphatic rings. The number of nitro groups is 1. The number of nitrogens with one attached hydrogen (secondary N) is 1. The third kappa shape index (κ3) is 4.86. The number of rotatable bonds is 6. The van der Waals surface area contributed by atoms with Gasteiger partial charge in [-0.05, 0) is 45.0 Å². The molecule has 0 aliphatic carbocycles. The van der Waals surface area contributed by atoms with E-state index in [0.717, 1.165) is 11.4 Å². The van der Waals surface area contributed by atoms with Gasteiger partial charge in [-0.15, -0.1) is 0 Å². The Morgan fingerprint density at radius 3 is 2.58 bits per heavy atom. The molecule has 0 bridgehead atoms. The van der Waals surface area contributed by atoms with Gasteiger partial charge in [0.15, 0.2) is 17.6 Å². The third-order valence-corrected chi connectivity index (χ3v) is 4.57. The van der Waals surface area contributed by atoms with E-state index < -0.39 is 22.9 Å². The van der Waals surface area contributed by atoms with Crippen LogP contribution in [0.15, 0.2) is 42.5 Å². The highest BCUT2D eigenvalue weighted by atomic mass is 35.5. The van der Waals surface area contributed by atoms with Crippen LogP contribution in [0.5, 0.6) is 0 Å². The summed E-state index contributed by atoms with van der Waals surface area (Å²) in [4.78, 5) is 39.7. The number of anilines is 1. The smallest absolute Gasteiger partial charge is 0.359 e. The molecule has 0 saturated carbocycles. The number of ether oxygens (including phenoxy) is 1. The van der Waals surface area contributed by atoms with E-state index in [1.54, 1.807) is 10.7 Å². The van der Waals surface area contributed by atoms with Gasteiger partial charge in [-0.2, -0.15) is 5.10 Å². The number of pyridine rings is 1. The molecule has 3 rings (SSSR count). The topological polar surface area (TPSA) is 129 Å². The third-order valence-electron chi connectivity index (χ3n) is 4.26. The molecular weight excluding hydrogens is 426 g/mol. The first-order valence-corrected chi connectivity index (χ1v) is 9.50. The monoisotopic (exact) mass is 443 g/mol. The highest BCUT2D eigenvalue weighted by Gasteiger charge is 2.24. The summed E-state index contributed by atoms with van der Waals surface area (Å²) in [6.07, 6.45) is -1.26. The molecule has 11 heteroatoms. The van der Waals surface area contributed by atoms with Crippen molar-refractivity contribution in [1.82, 2.24) is 14.8 Å². The number of amides is 1. The van der Waals surface area contributed by atoms with Gasteiger partial charge >= 0.3 is 5.97 Å². The van der Waals surface area contributed by atoms with Crippen molar-refractivity contribution in [3.63, 3.8) is 0 Å². The van der Waals surface area contributed by atoms with Crippen LogP contribution in [0.3, 0.4) is 0 Å². The maximum absolute atomic E-state index is 12.6. The zero-order chi connectivity index (χ0) is 22.7. The summed E-state index contributed by atoms with van der Waals surface area (Å²) in [5.74, 6) is -1.30. The Hall–Kier alpha value is -3.79. The van der Waals surface area contributed by atoms with Gasteiger partial charge in [0.1, 0.15) is 5.69 Å². The van der Waals surface area contributed by atoms with Gasteiger partial charge in [0.25, 0.3) is 11.6 Å². The lowest BCUT2D eigenvalue weighted by atomic mass is 10.2. The Morgan fingerprint density at radius 2 is 1.94 bits per heavy atom. The van der Waals surface area contributed by atoms with Crippen molar-refractivity contribution in [2.45, 2.75) is 26.9 Å². The second-order valence-corrected chi connectivity index (χ2v) is 7.06. The van der Waals surface area contributed by atoms with Crippen molar-refractivity contribution in [2.24, 2.45) is 0 Å². The molecule has 2 aromatic heterocycles. The number of carbonyl (C=O) groups is 2. The number of hydrogen-bond donors (Lipinski definition) is 1. The second-order valence-electron chi connectivity index (χ2n) is 6.65. The van der Waals surface area contributed by atoms with E-state index in [-0.39, 0.29) is 22.1 Å². The lowest BCUT2D eigenvalue weighted by Crippen LogP contribution is -2.30. The molecule has 1 amide bonds. The fourth-order valence-corrected chi connectivity index (χ4v) is 2.98. The largest absolute Gasteiger partial charge is 0.448 e. The molecule has 10 nitrogen and oxygen atoms in total. The Labute approximate surface area is 182 Å². The lowest BCUT2D eigenvalue weighted by Gasteiger charge is -2.14. The number of nitro benzene ring substituents is 1. The average molecular weight is 444 g/mol. The number of halogens is 1. The van der Waals surface area contributed by atoms with Crippen LogP contribution in [0.25, 0.3) is 5.82 Å². The van der Waals surface area contributed by atoms with E-state index >= 15 is 0 Å². The minimum Gasteiger partial charge on any atom is -0.448 e. The molecular formula is C20H18ClN5O5. The van der Waals surface area contributed by atoms with Crippen molar-refractivity contribution >= 4 is 34.9 Å². The molecule has 1 N–H and O–H groups in total. The Bertz CT molecular complexity index is 1180. The molecule has 0 aliphatic heterocycles. The van der Waals surface area contributed by atoms with E-state index in [9.17, 15) is 19.7 Å². The normalized spacial score (nSPS) is 11.6. The van der Waals surface area contributed by atoms with Crippen molar-refractivity contribution in [3.8, 4) is 5.82 Å². The number of hydrogen-bond acceptors (Lipinski definition) is 7. The molecule has 1 aromatic carbocycles. The number of esters is 1. The first-order valence-electron chi connectivity index (χ1n) is 9.13. The molecule has 0 spiro atoms. The van der Waals surface area contributed by atoms with E-state index in [2.05, 4.69) is 15.4 Å². The lowest BCUT2D eigenvalue weighted by molar-refractivity contribution is -0.383. The summed E-state index contributed by atoms with van der Waals surface area (Å²) in [5.41, 5.74) is 1.11. The predicted octanol–water partition coefficient (Wildman–Crippen LogP) is 3.63. The molecule has 3 aromatic rings. The summed E-state index contributed by atoms with van der Waals surface area (Å²) in [6, 6.07) is 10.6. The number of benzene rings is 1. The maximum atomic E-state index is 12.6. The maximum Gasteiger partial charge on any atom is 0.359 e. The first-order chi connectivity index (χ1) is 14.7. The Balaban J connectivity index is 1.77. The number of para-hydroxylation sites is 2. The number of aromatic nitrogens is 3. The molecule has 160 valence electrons. The zero-order valence-corrected chi connectivity index (χ0v) is 17.6. The molecule has 31 heavy (non-hydrogen) atoms. The fraction of sp³-hybridized carbons (Fsp3) is 0.200. The van der Waals surface area contributed by atoms with Crippen LogP contribution in [0, 0.1) is 24.0 Å². The van der Waals surface area contributed by atoms with Crippen LogP contribution in [0.2, 0.25) is 5.02 Å². The van der Waals surface area contributed by atoms with E-state index in [4.69, 9.17) is 16.3 Å². The Kier molecular flexibility index (Phi) is 6.30. The first kappa shape index (κ1) is 21.9. The van der Waals surface area contributed by atoms with Crippen molar-refractivity contribution in [1.29, 1.82) is 0 Å². The molecule has 0 radical (unpaired) electrons. The number of aryl methyl sites for hydroxylation is 2. The van der Waals surface area contributed by atoms with E-state index in [1.807, 2.05) is 19.9 Å². The fourth-order valence-electron chi connectivity index (χ4n) is 2.80. The van der Waals surface area contributed by atoms with Crippen LogP contribution in [0.1, 0.15) is 28.8 Å². The van der Waals surface area contributed by atoms with Crippen molar-refractivity contribution in [3.05, 3.63) is 74.7 Å². The van der Waals surface area contributed by atoms with E-state index in [0.29, 0.717) is 5.82 Å². The summed E-state index contributed by atoms with van der Waals surface area (Å²) in [7, 11) is 0. The van der Waals surface area contributed by atoms with Gasteiger partial charge < -0.3 is 10.1 Å². The number of carbonyl (C=O) groups excluding carboxylic acids is 2. The minimum atomic E-state index is -1.26. The van der Waals surface area contributed by atoms with Crippen LogP contribution in [0.4, 0.5) is 11.4 Å². The predicted molar refractivity (Wildman–Crippen MR) is 112 cm³/mol. The molecule has 1 atom stereocenters. The summed E-state index contributed by atoms with van der Waals surface area (Å²) in [5, 5.41) is 17.8. The van der Waals surface area contributed by atoms with E-state index in [1.165, 1.54) is 37.3 Å². The van der Waals surface area contributed by atoms with Gasteiger partial charge in [0.2, 0.25) is 0 Å². The summed E-state index contributed by atoms with van der Waals surface area (Å²) < 4.78 is 6.73. The van der Waals surface area contributed by atoms with Gasteiger partial charge in [0.05, 0.1) is 15.6 Å². The summed E-state index contributed by atoms with van der Waals surface area (Å²) in [6.45, 7) is 5.00. The minimum absolute atomic E-state index is 0.0110. The zero-order valence-electron chi connectivity index (χ0n) is 16.8. The summed E-state index contributed by atoms with van der Waals surface area (Å²) >= 11 is 6.10. The Morgan fingerprint density at radius 1 is 1.23 bits per heavy atom. The molecule has 1 unspecified atom stereocenters. The van der Waals surface area contributed by atoms with Gasteiger partial charge in [-0.25, -0.2) is 14.5 Å².